The quantitative estimate of drug-likeness (QED) is 0.892. The Hall–Kier alpha value is -1.72. The molecule has 1 aromatic heterocycles. The molecule has 0 aliphatic carbocycles. The van der Waals surface area contributed by atoms with Gasteiger partial charge in [-0.1, -0.05) is 12.1 Å². The standard InChI is InChI=1S/C14H19FN4/c1-18(9-11-3-5-13(15)6-4-11)14(7-16)12-8-17-19(2)10-12/h3-6,8,10,14H,7,9,16H2,1-2H3. The van der Waals surface area contributed by atoms with E-state index in [0.29, 0.717) is 6.54 Å². The van der Waals surface area contributed by atoms with E-state index in [1.807, 2.05) is 26.5 Å². The second kappa shape index (κ2) is 5.95. The van der Waals surface area contributed by atoms with E-state index in [-0.39, 0.29) is 11.9 Å². The fourth-order valence-electron chi connectivity index (χ4n) is 2.17. The number of hydrogen-bond acceptors (Lipinski definition) is 3. The van der Waals surface area contributed by atoms with Gasteiger partial charge < -0.3 is 5.73 Å². The van der Waals surface area contributed by atoms with Gasteiger partial charge in [-0.15, -0.1) is 0 Å². The summed E-state index contributed by atoms with van der Waals surface area (Å²) in [5.41, 5.74) is 8.01. The maximum absolute atomic E-state index is 12.9. The van der Waals surface area contributed by atoms with Crippen molar-refractivity contribution in [3.8, 4) is 0 Å². The molecular weight excluding hydrogens is 243 g/mol. The van der Waals surface area contributed by atoms with Gasteiger partial charge >= 0.3 is 0 Å². The number of aryl methyl sites for hydroxylation is 1. The van der Waals surface area contributed by atoms with E-state index < -0.39 is 0 Å². The van der Waals surface area contributed by atoms with Crippen LogP contribution < -0.4 is 5.73 Å². The fraction of sp³-hybridized carbons (Fsp3) is 0.357. The molecule has 2 N–H and O–H groups in total. The molecule has 0 spiro atoms. The molecule has 4 nitrogen and oxygen atoms in total. The number of hydrogen-bond donors (Lipinski definition) is 1. The maximum atomic E-state index is 12.9. The average molecular weight is 262 g/mol. The normalized spacial score (nSPS) is 12.9. The monoisotopic (exact) mass is 262 g/mol. The Kier molecular flexibility index (Phi) is 4.29. The third kappa shape index (κ3) is 3.39. The maximum Gasteiger partial charge on any atom is 0.123 e. The van der Waals surface area contributed by atoms with Crippen LogP contribution in [-0.4, -0.2) is 28.3 Å². The molecule has 0 fully saturated rings. The molecule has 5 heteroatoms. The van der Waals surface area contributed by atoms with Crippen LogP contribution in [-0.2, 0) is 13.6 Å². The zero-order valence-electron chi connectivity index (χ0n) is 11.3. The van der Waals surface area contributed by atoms with Crippen LogP contribution in [0, 0.1) is 5.82 Å². The van der Waals surface area contributed by atoms with Crippen molar-refractivity contribution < 1.29 is 4.39 Å². The van der Waals surface area contributed by atoms with Crippen LogP contribution in [0.25, 0.3) is 0 Å². The van der Waals surface area contributed by atoms with E-state index in [1.54, 1.807) is 16.8 Å². The van der Waals surface area contributed by atoms with Crippen molar-refractivity contribution >= 4 is 0 Å². The summed E-state index contributed by atoms with van der Waals surface area (Å²) in [5, 5.41) is 4.17. The Morgan fingerprint density at radius 2 is 2.05 bits per heavy atom. The summed E-state index contributed by atoms with van der Waals surface area (Å²) in [6.07, 6.45) is 3.80. The number of rotatable bonds is 5. The highest BCUT2D eigenvalue weighted by Crippen LogP contribution is 2.19. The van der Waals surface area contributed by atoms with E-state index in [9.17, 15) is 4.39 Å². The highest BCUT2D eigenvalue weighted by Gasteiger charge is 2.17. The van der Waals surface area contributed by atoms with Gasteiger partial charge in [0.2, 0.25) is 0 Å². The lowest BCUT2D eigenvalue weighted by molar-refractivity contribution is 0.241. The van der Waals surface area contributed by atoms with Crippen LogP contribution in [0.2, 0.25) is 0 Å². The van der Waals surface area contributed by atoms with Gasteiger partial charge in [0.1, 0.15) is 5.82 Å². The van der Waals surface area contributed by atoms with E-state index in [1.165, 1.54) is 12.1 Å². The lowest BCUT2D eigenvalue weighted by atomic mass is 10.1. The molecule has 102 valence electrons. The Morgan fingerprint density at radius 3 is 2.58 bits per heavy atom. The first kappa shape index (κ1) is 13.7. The van der Waals surface area contributed by atoms with Crippen molar-refractivity contribution in [2.45, 2.75) is 12.6 Å². The molecule has 0 bridgehead atoms. The second-order valence-corrected chi connectivity index (χ2v) is 4.74. The van der Waals surface area contributed by atoms with Crippen molar-refractivity contribution in [3.63, 3.8) is 0 Å². The highest BCUT2D eigenvalue weighted by atomic mass is 19.1. The molecule has 0 saturated carbocycles. The van der Waals surface area contributed by atoms with Gasteiger partial charge in [-0.3, -0.25) is 9.58 Å². The predicted molar refractivity (Wildman–Crippen MR) is 72.9 cm³/mol. The Morgan fingerprint density at radius 1 is 1.37 bits per heavy atom. The minimum absolute atomic E-state index is 0.110. The summed E-state index contributed by atoms with van der Waals surface area (Å²) < 4.78 is 14.6. The van der Waals surface area contributed by atoms with E-state index in [2.05, 4.69) is 10.00 Å². The van der Waals surface area contributed by atoms with Crippen molar-refractivity contribution in [3.05, 3.63) is 53.6 Å². The van der Waals surface area contributed by atoms with Gasteiger partial charge in [0.15, 0.2) is 0 Å². The molecule has 0 aliphatic rings. The number of benzene rings is 1. The molecule has 1 unspecified atom stereocenters. The first-order valence-corrected chi connectivity index (χ1v) is 6.23. The van der Waals surface area contributed by atoms with Gasteiger partial charge in [0.25, 0.3) is 0 Å². The third-order valence-corrected chi connectivity index (χ3v) is 3.21. The number of aromatic nitrogens is 2. The van der Waals surface area contributed by atoms with Crippen LogP contribution in [0.1, 0.15) is 17.2 Å². The highest BCUT2D eigenvalue weighted by molar-refractivity contribution is 5.17. The Balaban J connectivity index is 2.08. The van der Waals surface area contributed by atoms with Gasteiger partial charge in [-0.05, 0) is 24.7 Å². The minimum Gasteiger partial charge on any atom is -0.329 e. The summed E-state index contributed by atoms with van der Waals surface area (Å²) in [6, 6.07) is 6.65. The Bertz CT molecular complexity index is 520. The van der Waals surface area contributed by atoms with Crippen LogP contribution in [0.3, 0.4) is 0 Å². The molecule has 19 heavy (non-hydrogen) atoms. The van der Waals surface area contributed by atoms with Crippen LogP contribution in [0.5, 0.6) is 0 Å². The summed E-state index contributed by atoms with van der Waals surface area (Å²) in [5.74, 6) is -0.214. The van der Waals surface area contributed by atoms with Crippen LogP contribution in [0.4, 0.5) is 4.39 Å². The zero-order valence-corrected chi connectivity index (χ0v) is 11.3. The average Bonchev–Trinajstić information content (AvgIpc) is 2.80. The van der Waals surface area contributed by atoms with E-state index in [4.69, 9.17) is 5.73 Å². The largest absolute Gasteiger partial charge is 0.329 e. The van der Waals surface area contributed by atoms with Crippen molar-refractivity contribution in [1.29, 1.82) is 0 Å². The molecule has 0 amide bonds. The molecular formula is C14H19FN4. The van der Waals surface area contributed by atoms with Crippen LogP contribution in [0.15, 0.2) is 36.7 Å². The first-order chi connectivity index (χ1) is 9.10. The number of likely N-dealkylation sites (N-methyl/N-ethyl adjacent to an activating group) is 1. The lowest BCUT2D eigenvalue weighted by Crippen LogP contribution is -2.29. The van der Waals surface area contributed by atoms with Crippen molar-refractivity contribution in [2.24, 2.45) is 12.8 Å². The SMILES string of the molecule is CN(Cc1ccc(F)cc1)C(CN)c1cnn(C)c1. The molecule has 0 aliphatic heterocycles. The third-order valence-electron chi connectivity index (χ3n) is 3.21. The number of nitrogens with two attached hydrogens (primary N) is 1. The van der Waals surface area contributed by atoms with Gasteiger partial charge in [0.05, 0.1) is 12.2 Å². The summed E-state index contributed by atoms with van der Waals surface area (Å²) in [4.78, 5) is 2.14. The molecule has 0 saturated heterocycles. The topological polar surface area (TPSA) is 47.1 Å². The van der Waals surface area contributed by atoms with Gasteiger partial charge in [0, 0.05) is 31.9 Å². The van der Waals surface area contributed by atoms with Gasteiger partial charge in [-0.25, -0.2) is 4.39 Å². The number of halogens is 1. The van der Waals surface area contributed by atoms with Crippen molar-refractivity contribution in [1.82, 2.24) is 14.7 Å². The lowest BCUT2D eigenvalue weighted by Gasteiger charge is -2.26. The first-order valence-electron chi connectivity index (χ1n) is 6.23. The molecule has 0 radical (unpaired) electrons. The zero-order chi connectivity index (χ0) is 13.8. The molecule has 1 heterocycles. The fourth-order valence-corrected chi connectivity index (χ4v) is 2.17. The number of nitrogens with zero attached hydrogens (tertiary/aromatic N) is 3. The minimum atomic E-state index is -0.214. The van der Waals surface area contributed by atoms with Crippen molar-refractivity contribution in [2.75, 3.05) is 13.6 Å². The Labute approximate surface area is 112 Å². The molecule has 1 aromatic carbocycles. The van der Waals surface area contributed by atoms with Crippen LogP contribution >= 0.6 is 0 Å². The molecule has 2 rings (SSSR count). The summed E-state index contributed by atoms with van der Waals surface area (Å²) in [7, 11) is 3.89. The van der Waals surface area contributed by atoms with Gasteiger partial charge in [-0.2, -0.15) is 5.10 Å². The summed E-state index contributed by atoms with van der Waals surface area (Å²) >= 11 is 0. The predicted octanol–water partition coefficient (Wildman–Crippen LogP) is 1.69. The van der Waals surface area contributed by atoms with E-state index in [0.717, 1.165) is 17.7 Å². The second-order valence-electron chi connectivity index (χ2n) is 4.74. The summed E-state index contributed by atoms with van der Waals surface area (Å²) in [6.45, 7) is 1.24. The smallest absolute Gasteiger partial charge is 0.123 e. The van der Waals surface area contributed by atoms with E-state index >= 15 is 0 Å². The molecule has 2 aromatic rings. The molecule has 1 atom stereocenters.